The molecule has 2 aromatic rings. The first-order valence-electron chi connectivity index (χ1n) is 6.66. The van der Waals surface area contributed by atoms with Crippen molar-refractivity contribution < 1.29 is 0 Å². The van der Waals surface area contributed by atoms with Crippen LogP contribution in [0.5, 0.6) is 0 Å². The first kappa shape index (κ1) is 15.1. The molecule has 1 N–H and O–H groups in total. The number of anilines is 1. The van der Waals surface area contributed by atoms with Crippen molar-refractivity contribution >= 4 is 21.9 Å². The Hall–Kier alpha value is -1.33. The molecule has 0 aliphatic heterocycles. The number of nitrogens with zero attached hydrogens (tertiary/aromatic N) is 3. The van der Waals surface area contributed by atoms with Gasteiger partial charge in [0.05, 0.1) is 11.9 Å². The largest absolute Gasteiger partial charge is 0.348 e. The Morgan fingerprint density at radius 3 is 2.50 bits per heavy atom. The zero-order valence-corrected chi connectivity index (χ0v) is 14.0. The van der Waals surface area contributed by atoms with Crippen molar-refractivity contribution in [3.8, 4) is 0 Å². The summed E-state index contributed by atoms with van der Waals surface area (Å²) >= 11 is 3.46. The maximum absolute atomic E-state index is 4.42. The summed E-state index contributed by atoms with van der Waals surface area (Å²) in [5.41, 5.74) is 2.46. The summed E-state index contributed by atoms with van der Waals surface area (Å²) in [4.78, 5) is 6.44. The molecule has 0 aliphatic rings. The van der Waals surface area contributed by atoms with Gasteiger partial charge in [-0.25, -0.2) is 4.98 Å². The van der Waals surface area contributed by atoms with Gasteiger partial charge in [-0.15, -0.1) is 0 Å². The third kappa shape index (κ3) is 3.41. The predicted octanol–water partition coefficient (Wildman–Crippen LogP) is 3.10. The van der Waals surface area contributed by atoms with Crippen LogP contribution in [-0.4, -0.2) is 23.6 Å². The minimum atomic E-state index is 0.306. The maximum Gasteiger partial charge on any atom is 0.204 e. The van der Waals surface area contributed by atoms with E-state index in [0.717, 1.165) is 17.0 Å². The van der Waals surface area contributed by atoms with Gasteiger partial charge in [0.25, 0.3) is 0 Å². The molecule has 20 heavy (non-hydrogen) atoms. The van der Waals surface area contributed by atoms with E-state index in [1.165, 1.54) is 11.3 Å². The number of nitrogens with one attached hydrogen (secondary N) is 1. The highest BCUT2D eigenvalue weighted by Crippen LogP contribution is 2.17. The topological polar surface area (TPSA) is 33.1 Å². The van der Waals surface area contributed by atoms with Crippen LogP contribution in [0.3, 0.4) is 0 Å². The summed E-state index contributed by atoms with van der Waals surface area (Å²) in [7, 11) is 6.05. The molecular formula is C15H21BrN4. The molecule has 0 radical (unpaired) electrons. The molecule has 0 saturated heterocycles. The standard InChI is InChI=1S/C15H21BrN4/c1-11(12-5-7-13(16)8-6-12)17-9-14-10-18-15(19(2)3)20(14)4/h5-8,10-11,17H,9H2,1-4H3/t11-/m1/s1. The van der Waals surface area contributed by atoms with E-state index >= 15 is 0 Å². The Morgan fingerprint density at radius 2 is 1.95 bits per heavy atom. The summed E-state index contributed by atoms with van der Waals surface area (Å²) in [6.45, 7) is 2.97. The normalized spacial score (nSPS) is 12.4. The van der Waals surface area contributed by atoms with Crippen LogP contribution in [0.15, 0.2) is 34.9 Å². The molecule has 1 atom stereocenters. The Balaban J connectivity index is 2.00. The first-order chi connectivity index (χ1) is 9.49. The van der Waals surface area contributed by atoms with Crippen LogP contribution >= 0.6 is 15.9 Å². The lowest BCUT2D eigenvalue weighted by Crippen LogP contribution is -2.20. The number of rotatable bonds is 5. The molecule has 2 rings (SSSR count). The quantitative estimate of drug-likeness (QED) is 0.910. The number of imidazole rings is 1. The second-order valence-corrected chi connectivity index (χ2v) is 6.07. The molecule has 0 amide bonds. The van der Waals surface area contributed by atoms with Gasteiger partial charge < -0.3 is 14.8 Å². The zero-order valence-electron chi connectivity index (χ0n) is 12.4. The van der Waals surface area contributed by atoms with E-state index in [0.29, 0.717) is 6.04 Å². The second kappa shape index (κ2) is 6.41. The molecular weight excluding hydrogens is 316 g/mol. The Morgan fingerprint density at radius 1 is 1.30 bits per heavy atom. The van der Waals surface area contributed by atoms with Gasteiger partial charge in [0.1, 0.15) is 0 Å². The molecule has 108 valence electrons. The highest BCUT2D eigenvalue weighted by atomic mass is 79.9. The fourth-order valence-corrected chi connectivity index (χ4v) is 2.40. The summed E-state index contributed by atoms with van der Waals surface area (Å²) in [6.07, 6.45) is 1.93. The summed E-state index contributed by atoms with van der Waals surface area (Å²) in [5, 5.41) is 3.53. The van der Waals surface area contributed by atoms with E-state index in [2.05, 4.69) is 62.0 Å². The third-order valence-electron chi connectivity index (χ3n) is 3.42. The smallest absolute Gasteiger partial charge is 0.204 e. The molecule has 0 unspecified atom stereocenters. The van der Waals surface area contributed by atoms with E-state index in [-0.39, 0.29) is 0 Å². The SMILES string of the molecule is C[C@@H](NCc1cnc(N(C)C)n1C)c1ccc(Br)cc1. The van der Waals surface area contributed by atoms with Crippen LogP contribution in [0.2, 0.25) is 0 Å². The van der Waals surface area contributed by atoms with Gasteiger partial charge in [-0.2, -0.15) is 0 Å². The van der Waals surface area contributed by atoms with Gasteiger partial charge in [0.2, 0.25) is 5.95 Å². The molecule has 0 saturated carbocycles. The van der Waals surface area contributed by atoms with Crippen molar-refractivity contribution in [3.05, 3.63) is 46.2 Å². The van der Waals surface area contributed by atoms with Crippen molar-refractivity contribution in [2.24, 2.45) is 7.05 Å². The van der Waals surface area contributed by atoms with Crippen LogP contribution in [0.4, 0.5) is 5.95 Å². The van der Waals surface area contributed by atoms with E-state index in [4.69, 9.17) is 0 Å². The van der Waals surface area contributed by atoms with Gasteiger partial charge in [0.15, 0.2) is 0 Å². The average molecular weight is 337 g/mol. The molecule has 0 aliphatic carbocycles. The zero-order chi connectivity index (χ0) is 14.7. The molecule has 1 aromatic heterocycles. The Labute approximate surface area is 128 Å². The van der Waals surface area contributed by atoms with Crippen molar-refractivity contribution in [3.63, 3.8) is 0 Å². The Kier molecular flexibility index (Phi) is 4.83. The number of hydrogen-bond donors (Lipinski definition) is 1. The van der Waals surface area contributed by atoms with Crippen molar-refractivity contribution in [1.82, 2.24) is 14.9 Å². The van der Waals surface area contributed by atoms with Crippen molar-refractivity contribution in [2.75, 3.05) is 19.0 Å². The highest BCUT2D eigenvalue weighted by molar-refractivity contribution is 9.10. The van der Waals surface area contributed by atoms with E-state index in [9.17, 15) is 0 Å². The van der Waals surface area contributed by atoms with Gasteiger partial charge in [-0.3, -0.25) is 0 Å². The van der Waals surface area contributed by atoms with Gasteiger partial charge in [0, 0.05) is 38.2 Å². The summed E-state index contributed by atoms with van der Waals surface area (Å²) in [6, 6.07) is 8.72. The minimum Gasteiger partial charge on any atom is -0.348 e. The van der Waals surface area contributed by atoms with Crippen LogP contribution in [0.25, 0.3) is 0 Å². The molecule has 4 nitrogen and oxygen atoms in total. The average Bonchev–Trinajstić information content (AvgIpc) is 2.78. The molecule has 1 heterocycles. The second-order valence-electron chi connectivity index (χ2n) is 5.16. The number of hydrogen-bond acceptors (Lipinski definition) is 3. The van der Waals surface area contributed by atoms with Crippen LogP contribution < -0.4 is 10.2 Å². The van der Waals surface area contributed by atoms with Gasteiger partial charge in [-0.1, -0.05) is 28.1 Å². The van der Waals surface area contributed by atoms with Gasteiger partial charge >= 0.3 is 0 Å². The monoisotopic (exact) mass is 336 g/mol. The summed E-state index contributed by atoms with van der Waals surface area (Å²) in [5.74, 6) is 0.970. The van der Waals surface area contributed by atoms with Crippen LogP contribution in [-0.2, 0) is 13.6 Å². The number of benzene rings is 1. The first-order valence-corrected chi connectivity index (χ1v) is 7.45. The predicted molar refractivity (Wildman–Crippen MR) is 86.9 cm³/mol. The van der Waals surface area contributed by atoms with E-state index < -0.39 is 0 Å². The lowest BCUT2D eigenvalue weighted by molar-refractivity contribution is 0.558. The van der Waals surface area contributed by atoms with Crippen LogP contribution in [0, 0.1) is 0 Å². The third-order valence-corrected chi connectivity index (χ3v) is 3.95. The van der Waals surface area contributed by atoms with Crippen molar-refractivity contribution in [2.45, 2.75) is 19.5 Å². The summed E-state index contributed by atoms with van der Waals surface area (Å²) < 4.78 is 3.22. The minimum absolute atomic E-state index is 0.306. The van der Waals surface area contributed by atoms with E-state index in [1.54, 1.807) is 0 Å². The molecule has 0 spiro atoms. The lowest BCUT2D eigenvalue weighted by Gasteiger charge is -2.16. The fraction of sp³-hybridized carbons (Fsp3) is 0.400. The van der Waals surface area contributed by atoms with Gasteiger partial charge in [-0.05, 0) is 24.6 Å². The molecule has 5 heteroatoms. The molecule has 0 bridgehead atoms. The van der Waals surface area contributed by atoms with Crippen LogP contribution in [0.1, 0.15) is 24.2 Å². The fourth-order valence-electron chi connectivity index (χ4n) is 2.14. The number of aromatic nitrogens is 2. The highest BCUT2D eigenvalue weighted by Gasteiger charge is 2.10. The Bertz CT molecular complexity index is 560. The molecule has 1 aromatic carbocycles. The maximum atomic E-state index is 4.42. The van der Waals surface area contributed by atoms with E-state index in [1.807, 2.05) is 32.2 Å². The van der Waals surface area contributed by atoms with Crippen molar-refractivity contribution in [1.29, 1.82) is 0 Å². The molecule has 0 fully saturated rings. The number of halogens is 1. The lowest BCUT2D eigenvalue weighted by atomic mass is 10.1.